The van der Waals surface area contributed by atoms with E-state index in [1.165, 1.54) is 14.2 Å². The van der Waals surface area contributed by atoms with Gasteiger partial charge in [-0.1, -0.05) is 13.8 Å². The van der Waals surface area contributed by atoms with E-state index in [0.29, 0.717) is 0 Å². The van der Waals surface area contributed by atoms with Gasteiger partial charge in [0, 0.05) is 14.2 Å². The highest BCUT2D eigenvalue weighted by Gasteiger charge is 2.53. The summed E-state index contributed by atoms with van der Waals surface area (Å²) in [5.41, 5.74) is -1.49. The third kappa shape index (κ3) is 4.26. The fourth-order valence-electron chi connectivity index (χ4n) is 2.53. The van der Waals surface area contributed by atoms with E-state index in [0.717, 1.165) is 0 Å². The third-order valence-electron chi connectivity index (χ3n) is 5.13. The van der Waals surface area contributed by atoms with E-state index in [1.807, 2.05) is 27.7 Å². The Kier molecular flexibility index (Phi) is 6.80. The number of aliphatic hydroxyl groups excluding tert-OH is 2. The molecule has 1 amide bonds. The molecule has 0 saturated carbocycles. The molecule has 7 heteroatoms. The molecule has 1 fully saturated rings. The standard InChI is InChI=1S/C17H33NO6/c1-9(2)16(3,4)24-12-10(19)11(20)14(17(5,6)22-8)23-13(12)15(21)18-7/h9-14,19-20H,1-8H3,(H,18,21)/t10-,11+,12+,13?,14-/m1/s1. The molecule has 1 aliphatic heterocycles. The average Bonchev–Trinajstić information content (AvgIpc) is 2.50. The smallest absolute Gasteiger partial charge is 0.251 e. The summed E-state index contributed by atoms with van der Waals surface area (Å²) in [5.74, 6) is -0.275. The molecule has 0 aromatic carbocycles. The molecular weight excluding hydrogens is 314 g/mol. The van der Waals surface area contributed by atoms with Gasteiger partial charge in [-0.25, -0.2) is 0 Å². The van der Waals surface area contributed by atoms with Crippen molar-refractivity contribution in [3.63, 3.8) is 0 Å². The molecule has 0 spiro atoms. The lowest BCUT2D eigenvalue weighted by atomic mass is 9.85. The van der Waals surface area contributed by atoms with Gasteiger partial charge in [0.05, 0.1) is 11.2 Å². The van der Waals surface area contributed by atoms with E-state index in [1.54, 1.807) is 13.8 Å². The van der Waals surface area contributed by atoms with Crippen molar-refractivity contribution in [2.45, 2.75) is 83.3 Å². The second-order valence-corrected chi connectivity index (χ2v) is 7.72. The molecular formula is C17H33NO6. The molecule has 5 atom stereocenters. The number of amides is 1. The molecule has 1 rings (SSSR count). The van der Waals surface area contributed by atoms with Gasteiger partial charge in [-0.05, 0) is 33.6 Å². The molecule has 3 N–H and O–H groups in total. The Morgan fingerprint density at radius 2 is 1.71 bits per heavy atom. The minimum absolute atomic E-state index is 0.139. The van der Waals surface area contributed by atoms with Crippen LogP contribution in [0.15, 0.2) is 0 Å². The van der Waals surface area contributed by atoms with Crippen molar-refractivity contribution in [1.82, 2.24) is 5.32 Å². The van der Waals surface area contributed by atoms with Gasteiger partial charge in [0.15, 0.2) is 6.10 Å². The van der Waals surface area contributed by atoms with E-state index in [2.05, 4.69) is 5.32 Å². The lowest BCUT2D eigenvalue weighted by molar-refractivity contribution is -0.283. The number of likely N-dealkylation sites (N-methyl/N-ethyl adjacent to an activating group) is 1. The van der Waals surface area contributed by atoms with Crippen LogP contribution in [0.5, 0.6) is 0 Å². The van der Waals surface area contributed by atoms with Crippen LogP contribution in [0, 0.1) is 5.92 Å². The van der Waals surface area contributed by atoms with Crippen LogP contribution in [-0.4, -0.2) is 72.0 Å². The van der Waals surface area contributed by atoms with Gasteiger partial charge < -0.3 is 29.7 Å². The van der Waals surface area contributed by atoms with Crippen molar-refractivity contribution >= 4 is 5.91 Å². The molecule has 0 aromatic heterocycles. The fraction of sp³-hybridized carbons (Fsp3) is 0.941. The largest absolute Gasteiger partial charge is 0.387 e. The molecule has 7 nitrogen and oxygen atoms in total. The highest BCUT2D eigenvalue weighted by molar-refractivity contribution is 5.81. The maximum Gasteiger partial charge on any atom is 0.251 e. The maximum atomic E-state index is 12.3. The van der Waals surface area contributed by atoms with Crippen LogP contribution >= 0.6 is 0 Å². The Labute approximate surface area is 144 Å². The highest BCUT2D eigenvalue weighted by Crippen LogP contribution is 2.34. The number of carbonyl (C=O) groups is 1. The van der Waals surface area contributed by atoms with Crippen molar-refractivity contribution in [2.75, 3.05) is 14.2 Å². The maximum absolute atomic E-state index is 12.3. The quantitative estimate of drug-likeness (QED) is 0.646. The first kappa shape index (κ1) is 21.3. The molecule has 1 saturated heterocycles. The zero-order chi connectivity index (χ0) is 18.9. The van der Waals surface area contributed by atoms with Gasteiger partial charge in [0.2, 0.25) is 0 Å². The monoisotopic (exact) mass is 347 g/mol. The number of aliphatic hydroxyl groups is 2. The molecule has 0 aromatic rings. The minimum Gasteiger partial charge on any atom is -0.387 e. The summed E-state index contributed by atoms with van der Waals surface area (Å²) in [7, 11) is 2.98. The molecule has 142 valence electrons. The van der Waals surface area contributed by atoms with Crippen LogP contribution in [0.4, 0.5) is 0 Å². The normalized spacial score (nSPS) is 32.0. The van der Waals surface area contributed by atoms with Crippen LogP contribution in [-0.2, 0) is 19.0 Å². The summed E-state index contributed by atoms with van der Waals surface area (Å²) in [6.45, 7) is 11.2. The van der Waals surface area contributed by atoms with Gasteiger partial charge in [0.25, 0.3) is 5.91 Å². The average molecular weight is 347 g/mol. The SMILES string of the molecule is CNC(=O)C1O[C@@H](C(C)(C)OC)[C@@H](O)[C@@H](O)[C@@H]1OC(C)(C)C(C)C. The minimum atomic E-state index is -1.28. The van der Waals surface area contributed by atoms with Crippen molar-refractivity contribution in [2.24, 2.45) is 5.92 Å². The van der Waals surface area contributed by atoms with Crippen LogP contribution in [0.25, 0.3) is 0 Å². The van der Waals surface area contributed by atoms with E-state index in [-0.39, 0.29) is 5.92 Å². The van der Waals surface area contributed by atoms with E-state index >= 15 is 0 Å². The number of ether oxygens (including phenoxy) is 3. The number of rotatable bonds is 6. The first-order valence-corrected chi connectivity index (χ1v) is 8.35. The molecule has 24 heavy (non-hydrogen) atoms. The van der Waals surface area contributed by atoms with Gasteiger partial charge in [0.1, 0.15) is 24.4 Å². The van der Waals surface area contributed by atoms with E-state index in [4.69, 9.17) is 14.2 Å². The third-order valence-corrected chi connectivity index (χ3v) is 5.13. The molecule has 1 heterocycles. The molecule has 1 unspecified atom stereocenters. The van der Waals surface area contributed by atoms with Crippen molar-refractivity contribution in [1.29, 1.82) is 0 Å². The summed E-state index contributed by atoms with van der Waals surface area (Å²) in [6, 6.07) is 0. The predicted octanol–water partition coefficient (Wildman–Crippen LogP) is 0.466. The Morgan fingerprint density at radius 1 is 1.17 bits per heavy atom. The highest BCUT2D eigenvalue weighted by atomic mass is 16.6. The molecule has 1 aliphatic rings. The zero-order valence-corrected chi connectivity index (χ0v) is 16.0. The van der Waals surface area contributed by atoms with Crippen LogP contribution in [0.2, 0.25) is 0 Å². The number of carbonyl (C=O) groups excluding carboxylic acids is 1. The van der Waals surface area contributed by atoms with Crippen molar-refractivity contribution < 1.29 is 29.2 Å². The van der Waals surface area contributed by atoms with Crippen molar-refractivity contribution in [3.05, 3.63) is 0 Å². The second-order valence-electron chi connectivity index (χ2n) is 7.72. The van der Waals surface area contributed by atoms with E-state index < -0.39 is 47.6 Å². The molecule has 0 radical (unpaired) electrons. The summed E-state index contributed by atoms with van der Waals surface area (Å²) in [5, 5.41) is 23.7. The van der Waals surface area contributed by atoms with Gasteiger partial charge in [-0.2, -0.15) is 0 Å². The summed E-state index contributed by atoms with van der Waals surface area (Å²) in [6.07, 6.45) is -5.43. The Bertz CT molecular complexity index is 437. The van der Waals surface area contributed by atoms with Gasteiger partial charge >= 0.3 is 0 Å². The lowest BCUT2D eigenvalue weighted by Crippen LogP contribution is -2.67. The van der Waals surface area contributed by atoms with Crippen LogP contribution in [0.3, 0.4) is 0 Å². The molecule has 0 bridgehead atoms. The second kappa shape index (κ2) is 7.66. The lowest BCUT2D eigenvalue weighted by Gasteiger charge is -2.48. The molecule has 0 aliphatic carbocycles. The Morgan fingerprint density at radius 3 is 2.12 bits per heavy atom. The Balaban J connectivity index is 3.17. The van der Waals surface area contributed by atoms with Gasteiger partial charge in [-0.15, -0.1) is 0 Å². The number of hydrogen-bond acceptors (Lipinski definition) is 6. The first-order chi connectivity index (χ1) is 10.9. The topological polar surface area (TPSA) is 97.3 Å². The van der Waals surface area contributed by atoms with E-state index in [9.17, 15) is 15.0 Å². The Hall–Kier alpha value is -0.730. The predicted molar refractivity (Wildman–Crippen MR) is 89.6 cm³/mol. The summed E-state index contributed by atoms with van der Waals surface area (Å²) in [4.78, 5) is 12.3. The summed E-state index contributed by atoms with van der Waals surface area (Å²) >= 11 is 0. The number of nitrogens with one attached hydrogen (secondary N) is 1. The van der Waals surface area contributed by atoms with Crippen LogP contribution < -0.4 is 5.32 Å². The number of methoxy groups -OCH3 is 1. The van der Waals surface area contributed by atoms with Crippen LogP contribution in [0.1, 0.15) is 41.5 Å². The van der Waals surface area contributed by atoms with Gasteiger partial charge in [-0.3, -0.25) is 4.79 Å². The zero-order valence-electron chi connectivity index (χ0n) is 16.0. The number of hydrogen-bond donors (Lipinski definition) is 3. The fourth-order valence-corrected chi connectivity index (χ4v) is 2.53. The van der Waals surface area contributed by atoms with Crippen molar-refractivity contribution in [3.8, 4) is 0 Å². The summed E-state index contributed by atoms with van der Waals surface area (Å²) < 4.78 is 17.2. The first-order valence-electron chi connectivity index (χ1n) is 8.35.